The minimum atomic E-state index is -0.186. The molecule has 0 aliphatic carbocycles. The Morgan fingerprint density at radius 1 is 0.900 bits per heavy atom. The molecule has 0 saturated carbocycles. The number of hydrogen-bond donors (Lipinski definition) is 0. The lowest BCUT2D eigenvalue weighted by Gasteiger charge is -2.23. The Balaban J connectivity index is 1.89. The predicted octanol–water partition coefficient (Wildman–Crippen LogP) is 4.87. The quantitative estimate of drug-likeness (QED) is 0.586. The molecule has 2 aromatic carbocycles. The van der Waals surface area contributed by atoms with Crippen LogP contribution in [-0.4, -0.2) is 10.9 Å². The van der Waals surface area contributed by atoms with E-state index < -0.39 is 0 Å². The summed E-state index contributed by atoms with van der Waals surface area (Å²) in [5, 5.41) is 0.363. The van der Waals surface area contributed by atoms with E-state index in [9.17, 15) is 0 Å². The molecule has 0 bridgehead atoms. The summed E-state index contributed by atoms with van der Waals surface area (Å²) >= 11 is 1.89. The fraction of sp³-hybridized carbons (Fsp3) is 0.333. The summed E-state index contributed by atoms with van der Waals surface area (Å²) in [6.07, 6.45) is 0. The molecule has 2 unspecified atom stereocenters. The van der Waals surface area contributed by atoms with Crippen LogP contribution < -0.4 is 0 Å². The summed E-state index contributed by atoms with van der Waals surface area (Å²) in [5.74, 6) is 0. The third-order valence-electron chi connectivity index (χ3n) is 4.10. The van der Waals surface area contributed by atoms with Crippen molar-refractivity contribution in [2.24, 2.45) is 0 Å². The van der Waals surface area contributed by atoms with Gasteiger partial charge in [-0.1, -0.05) is 48.5 Å². The van der Waals surface area contributed by atoms with Crippen LogP contribution in [0.2, 0.25) is 0 Å². The van der Waals surface area contributed by atoms with E-state index in [4.69, 9.17) is 4.74 Å². The summed E-state index contributed by atoms with van der Waals surface area (Å²) in [5.41, 5.74) is 0.991. The number of hydrogen-bond acceptors (Lipinski definition) is 2. The molecule has 1 fully saturated rings. The molecule has 0 aromatic heterocycles. The topological polar surface area (TPSA) is 12.5 Å². The highest BCUT2D eigenvalue weighted by atomic mass is 32.2. The van der Waals surface area contributed by atoms with Crippen LogP contribution in [0.1, 0.15) is 26.3 Å². The molecule has 1 heterocycles. The van der Waals surface area contributed by atoms with Crippen LogP contribution in [0.5, 0.6) is 0 Å². The van der Waals surface area contributed by atoms with Gasteiger partial charge in [-0.25, -0.2) is 0 Å². The highest BCUT2D eigenvalue weighted by molar-refractivity contribution is 8.00. The lowest BCUT2D eigenvalue weighted by atomic mass is 9.86. The van der Waals surface area contributed by atoms with Gasteiger partial charge in [0.1, 0.15) is 5.60 Å². The Morgan fingerprint density at radius 2 is 1.40 bits per heavy atom. The molecule has 0 spiro atoms. The maximum atomic E-state index is 6.19. The summed E-state index contributed by atoms with van der Waals surface area (Å²) in [7, 11) is 0. The zero-order chi connectivity index (χ0) is 14.2. The Hall–Kier alpha value is -1.25. The van der Waals surface area contributed by atoms with Gasteiger partial charge in [-0.2, -0.15) is 0 Å². The van der Waals surface area contributed by atoms with Gasteiger partial charge < -0.3 is 4.74 Å². The Bertz CT molecular complexity index is 579. The molecular formula is C18H20OS. The van der Waals surface area contributed by atoms with Gasteiger partial charge in [-0.05, 0) is 38.5 Å². The fourth-order valence-electron chi connectivity index (χ4n) is 3.06. The molecule has 104 valence electrons. The smallest absolute Gasteiger partial charge is 0.134 e. The van der Waals surface area contributed by atoms with E-state index in [0.717, 1.165) is 0 Å². The Morgan fingerprint density at radius 3 is 1.90 bits per heavy atom. The average molecular weight is 284 g/mol. The van der Waals surface area contributed by atoms with Crippen molar-refractivity contribution in [1.82, 2.24) is 0 Å². The normalized spacial score (nSPS) is 25.1. The molecule has 2 heteroatoms. The highest BCUT2D eigenvalue weighted by Crippen LogP contribution is 2.61. The van der Waals surface area contributed by atoms with Crippen LogP contribution in [0.4, 0.5) is 0 Å². The number of thioether (sulfide) groups is 1. The van der Waals surface area contributed by atoms with Crippen molar-refractivity contribution in [2.45, 2.75) is 42.1 Å². The van der Waals surface area contributed by atoms with Gasteiger partial charge in [0, 0.05) is 10.1 Å². The summed E-state index contributed by atoms with van der Waals surface area (Å²) in [6, 6.07) is 21.1. The van der Waals surface area contributed by atoms with E-state index in [0.29, 0.717) is 5.25 Å². The fourth-order valence-corrected chi connectivity index (χ4v) is 4.42. The summed E-state index contributed by atoms with van der Waals surface area (Å²) in [4.78, 5) is 1.29. The molecule has 3 rings (SSSR count). The van der Waals surface area contributed by atoms with Crippen LogP contribution in [0.25, 0.3) is 0 Å². The van der Waals surface area contributed by atoms with Gasteiger partial charge in [0.15, 0.2) is 0 Å². The molecular weight excluding hydrogens is 264 g/mol. The van der Waals surface area contributed by atoms with Gasteiger partial charge in [0.2, 0.25) is 0 Å². The molecule has 2 aromatic rings. The van der Waals surface area contributed by atoms with Gasteiger partial charge in [-0.3, -0.25) is 0 Å². The zero-order valence-electron chi connectivity index (χ0n) is 12.2. The van der Waals surface area contributed by atoms with Crippen molar-refractivity contribution in [1.29, 1.82) is 0 Å². The van der Waals surface area contributed by atoms with Crippen molar-refractivity contribution in [3.05, 3.63) is 66.2 Å². The van der Waals surface area contributed by atoms with Crippen LogP contribution in [0, 0.1) is 0 Å². The van der Waals surface area contributed by atoms with Crippen LogP contribution in [0.15, 0.2) is 65.6 Å². The van der Waals surface area contributed by atoms with Crippen LogP contribution >= 0.6 is 11.8 Å². The third-order valence-corrected chi connectivity index (χ3v) is 5.33. The molecule has 1 saturated heterocycles. The van der Waals surface area contributed by atoms with Crippen molar-refractivity contribution in [2.75, 3.05) is 0 Å². The standard InChI is InChI=1S/C18H20OS/c1-14(20-16-12-8-5-9-13-16)18(17(2,3)19-18)15-10-6-4-7-11-15/h4-14H,1-3H3. The lowest BCUT2D eigenvalue weighted by molar-refractivity contribution is 0.275. The number of ether oxygens (including phenoxy) is 1. The first-order valence-corrected chi connectivity index (χ1v) is 7.92. The van der Waals surface area contributed by atoms with E-state index >= 15 is 0 Å². The average Bonchev–Trinajstić information content (AvgIpc) is 3.05. The third kappa shape index (κ3) is 2.17. The van der Waals surface area contributed by atoms with Gasteiger partial charge >= 0.3 is 0 Å². The maximum absolute atomic E-state index is 6.19. The number of rotatable bonds is 4. The summed E-state index contributed by atoms with van der Waals surface area (Å²) < 4.78 is 6.19. The lowest BCUT2D eigenvalue weighted by Crippen LogP contribution is -2.28. The highest BCUT2D eigenvalue weighted by Gasteiger charge is 2.67. The van der Waals surface area contributed by atoms with E-state index in [-0.39, 0.29) is 11.2 Å². The minimum absolute atomic E-state index is 0.102. The number of epoxide rings is 1. The molecule has 1 aliphatic heterocycles. The maximum Gasteiger partial charge on any atom is 0.134 e. The number of benzene rings is 2. The van der Waals surface area contributed by atoms with Crippen molar-refractivity contribution >= 4 is 11.8 Å². The first-order valence-electron chi connectivity index (χ1n) is 7.04. The predicted molar refractivity (Wildman–Crippen MR) is 85.0 cm³/mol. The second kappa shape index (κ2) is 4.94. The monoisotopic (exact) mass is 284 g/mol. The molecule has 0 N–H and O–H groups in total. The van der Waals surface area contributed by atoms with E-state index in [1.165, 1.54) is 10.5 Å². The van der Waals surface area contributed by atoms with E-state index in [1.807, 2.05) is 11.8 Å². The first kappa shape index (κ1) is 13.7. The van der Waals surface area contributed by atoms with E-state index in [2.05, 4.69) is 81.4 Å². The second-order valence-corrected chi connectivity index (χ2v) is 7.20. The second-order valence-electron chi connectivity index (χ2n) is 5.79. The Labute approximate surface area is 125 Å². The van der Waals surface area contributed by atoms with Gasteiger partial charge in [0.25, 0.3) is 0 Å². The zero-order valence-corrected chi connectivity index (χ0v) is 13.0. The van der Waals surface area contributed by atoms with Gasteiger partial charge in [-0.15, -0.1) is 11.8 Å². The molecule has 2 atom stereocenters. The van der Waals surface area contributed by atoms with Crippen molar-refractivity contribution < 1.29 is 4.74 Å². The molecule has 0 amide bonds. The SMILES string of the molecule is CC(Sc1ccccc1)C1(c2ccccc2)OC1(C)C. The molecule has 20 heavy (non-hydrogen) atoms. The largest absolute Gasteiger partial charge is 0.357 e. The summed E-state index contributed by atoms with van der Waals surface area (Å²) in [6.45, 7) is 6.63. The minimum Gasteiger partial charge on any atom is -0.357 e. The van der Waals surface area contributed by atoms with E-state index in [1.54, 1.807) is 0 Å². The van der Waals surface area contributed by atoms with Crippen LogP contribution in [-0.2, 0) is 10.3 Å². The van der Waals surface area contributed by atoms with Crippen molar-refractivity contribution in [3.8, 4) is 0 Å². The van der Waals surface area contributed by atoms with Crippen LogP contribution in [0.3, 0.4) is 0 Å². The molecule has 0 radical (unpaired) electrons. The van der Waals surface area contributed by atoms with Gasteiger partial charge in [0.05, 0.1) is 5.60 Å². The Kier molecular flexibility index (Phi) is 3.39. The molecule has 1 aliphatic rings. The molecule has 1 nitrogen and oxygen atoms in total. The van der Waals surface area contributed by atoms with Crippen molar-refractivity contribution in [3.63, 3.8) is 0 Å². The first-order chi connectivity index (χ1) is 9.56.